The number of nitro benzene ring substituents is 1. The Bertz CT molecular complexity index is 789. The molecule has 0 aliphatic rings. The van der Waals surface area contributed by atoms with E-state index < -0.39 is 50.0 Å². The number of hydrogen-bond acceptors (Lipinski definition) is 6. The number of aliphatic hydroxyl groups is 1. The molecule has 0 saturated heterocycles. The highest BCUT2D eigenvalue weighted by Crippen LogP contribution is 2.34. The Morgan fingerprint density at radius 2 is 1.96 bits per heavy atom. The molecule has 1 aromatic carbocycles. The molecule has 0 spiro atoms. The first-order chi connectivity index (χ1) is 11.3. The molecule has 0 bridgehead atoms. The third kappa shape index (κ3) is 5.12. The zero-order valence-corrected chi connectivity index (χ0v) is 14.1. The maximum Gasteiger partial charge on any atom is 0.487 e. The molecule has 0 heterocycles. The second-order valence-electron chi connectivity index (χ2n) is 5.90. The minimum atomic E-state index is -4.09. The van der Waals surface area contributed by atoms with E-state index in [1.54, 1.807) is 0 Å². The highest BCUT2D eigenvalue weighted by atomic mass is 35.5. The van der Waals surface area contributed by atoms with Gasteiger partial charge in [-0.3, -0.25) is 14.9 Å². The molecule has 0 radical (unpaired) electrons. The van der Waals surface area contributed by atoms with Crippen LogP contribution >= 0.6 is 11.6 Å². The molecule has 0 unspecified atom stereocenters. The van der Waals surface area contributed by atoms with Gasteiger partial charge in [-0.05, 0) is 12.1 Å². The lowest BCUT2D eigenvalue weighted by molar-refractivity contribution is -0.385. The first-order valence-corrected chi connectivity index (χ1v) is 7.08. The van der Waals surface area contributed by atoms with E-state index in [-0.39, 0.29) is 0 Å². The fourth-order valence-corrected chi connectivity index (χ4v) is 1.87. The van der Waals surface area contributed by atoms with Crippen LogP contribution < -0.4 is 4.74 Å². The molecule has 10 heteroatoms. The van der Waals surface area contributed by atoms with Gasteiger partial charge in [0.15, 0.2) is 11.5 Å². The number of hydrogen-bond donors (Lipinski definition) is 1. The molecule has 0 saturated carbocycles. The largest absolute Gasteiger partial charge is 0.506 e. The van der Waals surface area contributed by atoms with Gasteiger partial charge >= 0.3 is 5.57 Å². The molecule has 0 aliphatic carbocycles. The second kappa shape index (κ2) is 7.03. The van der Waals surface area contributed by atoms with Crippen LogP contribution in [0.25, 0.3) is 5.76 Å². The molecule has 0 aliphatic heterocycles. The molecular formula is C15H13ClF2N2O5. The number of carbonyl (C=O) groups excluding carboxylic acids is 1. The van der Waals surface area contributed by atoms with Crippen molar-refractivity contribution in [1.82, 2.24) is 0 Å². The third-order valence-corrected chi connectivity index (χ3v) is 2.99. The van der Waals surface area contributed by atoms with E-state index in [9.17, 15) is 28.8 Å². The van der Waals surface area contributed by atoms with Gasteiger partial charge in [-0.15, -0.1) is 8.78 Å². The number of rotatable bonds is 5. The van der Waals surface area contributed by atoms with E-state index in [4.69, 9.17) is 5.26 Å². The summed E-state index contributed by atoms with van der Waals surface area (Å²) in [6.07, 6.45) is 0. The predicted molar refractivity (Wildman–Crippen MR) is 84.1 cm³/mol. The van der Waals surface area contributed by atoms with Gasteiger partial charge in [-0.1, -0.05) is 20.8 Å². The number of benzene rings is 1. The SMILES string of the molecule is CC(C)(C)C(=O)C(C#N)=C(O)c1ccc(OC(F)(F)Cl)cc1[N+](=O)[O-]. The van der Waals surface area contributed by atoms with Crippen LogP contribution in [0.2, 0.25) is 0 Å². The molecule has 25 heavy (non-hydrogen) atoms. The lowest BCUT2D eigenvalue weighted by atomic mass is 9.85. The van der Waals surface area contributed by atoms with Crippen molar-refractivity contribution in [3.63, 3.8) is 0 Å². The standard InChI is InChI=1S/C15H13ClF2N2O5/c1-14(2,3)13(22)10(7-19)12(21)9-5-4-8(25-15(16,17)18)6-11(9)20(23)24/h4-6,21H,1-3H3. The van der Waals surface area contributed by atoms with Crippen LogP contribution in [0.4, 0.5) is 14.5 Å². The molecule has 1 N–H and O–H groups in total. The summed E-state index contributed by atoms with van der Waals surface area (Å²) in [6, 6.07) is 3.86. The molecular weight excluding hydrogens is 362 g/mol. The zero-order valence-electron chi connectivity index (χ0n) is 13.3. The van der Waals surface area contributed by atoms with E-state index in [1.165, 1.54) is 26.8 Å². The van der Waals surface area contributed by atoms with Gasteiger partial charge in [0.2, 0.25) is 0 Å². The smallest absolute Gasteiger partial charge is 0.487 e. The Kier molecular flexibility index (Phi) is 5.71. The first-order valence-electron chi connectivity index (χ1n) is 6.70. The quantitative estimate of drug-likeness (QED) is 0.206. The van der Waals surface area contributed by atoms with Crippen LogP contribution in [-0.2, 0) is 4.79 Å². The molecule has 0 atom stereocenters. The van der Waals surface area contributed by atoms with E-state index in [0.717, 1.165) is 12.1 Å². The average molecular weight is 375 g/mol. The van der Waals surface area contributed by atoms with E-state index >= 15 is 0 Å². The number of ketones is 1. The van der Waals surface area contributed by atoms with Gasteiger partial charge in [0.05, 0.1) is 16.6 Å². The summed E-state index contributed by atoms with van der Waals surface area (Å²) in [5.74, 6) is -2.31. The van der Waals surface area contributed by atoms with Crippen LogP contribution in [0.5, 0.6) is 5.75 Å². The highest BCUT2D eigenvalue weighted by molar-refractivity contribution is 6.20. The van der Waals surface area contributed by atoms with E-state index in [0.29, 0.717) is 6.07 Å². The number of aliphatic hydroxyl groups excluding tert-OH is 1. The molecule has 0 fully saturated rings. The Morgan fingerprint density at radius 1 is 1.40 bits per heavy atom. The number of allylic oxidation sites excluding steroid dienone is 1. The van der Waals surface area contributed by atoms with Crippen LogP contribution in [0.3, 0.4) is 0 Å². The number of ether oxygens (including phenoxy) is 1. The van der Waals surface area contributed by atoms with Gasteiger partial charge in [0, 0.05) is 17.0 Å². The fraction of sp³-hybridized carbons (Fsp3) is 0.333. The maximum atomic E-state index is 12.6. The van der Waals surface area contributed by atoms with Crippen LogP contribution in [0.1, 0.15) is 26.3 Å². The monoisotopic (exact) mass is 374 g/mol. The maximum absolute atomic E-state index is 12.6. The number of Topliss-reactive ketones (excluding diaryl/α,β-unsaturated/α-hetero) is 1. The first kappa shape index (κ1) is 20.3. The van der Waals surface area contributed by atoms with Crippen LogP contribution in [0, 0.1) is 26.9 Å². The summed E-state index contributed by atoms with van der Waals surface area (Å²) in [4.78, 5) is 22.4. The summed E-state index contributed by atoms with van der Waals surface area (Å²) >= 11 is 4.59. The molecule has 1 rings (SSSR count). The minimum Gasteiger partial charge on any atom is -0.506 e. The highest BCUT2D eigenvalue weighted by Gasteiger charge is 2.32. The third-order valence-electron chi connectivity index (χ3n) is 2.91. The van der Waals surface area contributed by atoms with Gasteiger partial charge < -0.3 is 9.84 Å². The van der Waals surface area contributed by atoms with Crippen molar-refractivity contribution in [2.45, 2.75) is 26.3 Å². The van der Waals surface area contributed by atoms with Crippen LogP contribution in [-0.4, -0.2) is 21.4 Å². The summed E-state index contributed by atoms with van der Waals surface area (Å²) in [5, 5.41) is 30.5. The molecule has 0 aromatic heterocycles. The molecule has 1 aromatic rings. The summed E-state index contributed by atoms with van der Waals surface area (Å²) in [7, 11) is 0. The zero-order chi connectivity index (χ0) is 19.6. The van der Waals surface area contributed by atoms with Gasteiger partial charge in [-0.2, -0.15) is 5.26 Å². The van der Waals surface area contributed by atoms with E-state index in [1.807, 2.05) is 0 Å². The molecule has 134 valence electrons. The van der Waals surface area contributed by atoms with Crippen molar-refractivity contribution in [3.8, 4) is 11.8 Å². The van der Waals surface area contributed by atoms with Crippen molar-refractivity contribution in [1.29, 1.82) is 5.26 Å². The van der Waals surface area contributed by atoms with Gasteiger partial charge in [-0.25, -0.2) is 0 Å². The average Bonchev–Trinajstić information content (AvgIpc) is 2.44. The number of alkyl halides is 3. The Hall–Kier alpha value is -2.73. The lowest BCUT2D eigenvalue weighted by Gasteiger charge is -2.16. The van der Waals surface area contributed by atoms with Crippen molar-refractivity contribution >= 4 is 28.8 Å². The van der Waals surface area contributed by atoms with Crippen LogP contribution in [0.15, 0.2) is 23.8 Å². The number of carbonyl (C=O) groups is 1. The topological polar surface area (TPSA) is 113 Å². The normalized spacial score (nSPS) is 12.8. The second-order valence-corrected chi connectivity index (χ2v) is 6.34. The van der Waals surface area contributed by atoms with Gasteiger partial charge in [0.1, 0.15) is 17.4 Å². The fourth-order valence-electron chi connectivity index (χ4n) is 1.78. The number of nitro groups is 1. The van der Waals surface area contributed by atoms with Crippen molar-refractivity contribution < 1.29 is 28.3 Å². The lowest BCUT2D eigenvalue weighted by Crippen LogP contribution is -2.22. The van der Waals surface area contributed by atoms with Crippen molar-refractivity contribution in [2.24, 2.45) is 5.41 Å². The predicted octanol–water partition coefficient (Wildman–Crippen LogP) is 4.17. The number of halogens is 3. The molecule has 7 nitrogen and oxygen atoms in total. The Balaban J connectivity index is 3.55. The van der Waals surface area contributed by atoms with Gasteiger partial charge in [0.25, 0.3) is 5.69 Å². The Morgan fingerprint density at radius 3 is 2.36 bits per heavy atom. The number of nitriles is 1. The summed E-state index contributed by atoms with van der Waals surface area (Å²) in [5.41, 5.74) is -7.15. The minimum absolute atomic E-state index is 0.496. The van der Waals surface area contributed by atoms with Crippen molar-refractivity contribution in [3.05, 3.63) is 39.4 Å². The number of nitrogens with zero attached hydrogens (tertiary/aromatic N) is 2. The Labute approximate surface area is 146 Å². The van der Waals surface area contributed by atoms with Crippen molar-refractivity contribution in [2.75, 3.05) is 0 Å². The summed E-state index contributed by atoms with van der Waals surface area (Å²) < 4.78 is 29.3. The molecule has 0 amide bonds. The summed E-state index contributed by atoms with van der Waals surface area (Å²) in [6.45, 7) is 4.48. The van der Waals surface area contributed by atoms with E-state index in [2.05, 4.69) is 16.3 Å².